The van der Waals surface area contributed by atoms with Crippen molar-refractivity contribution in [1.29, 1.82) is 0 Å². The Balaban J connectivity index is 2.78. The molecule has 0 aromatic rings. The van der Waals surface area contributed by atoms with Gasteiger partial charge < -0.3 is 25.8 Å². The maximum Gasteiger partial charge on any atom is 0.215 e. The average Bonchev–Trinajstić information content (AvgIpc) is 2.67. The van der Waals surface area contributed by atoms with Crippen molar-refractivity contribution in [3.8, 4) is 0 Å². The lowest BCUT2D eigenvalue weighted by Gasteiger charge is -2.23. The first kappa shape index (κ1) is 14.6. The van der Waals surface area contributed by atoms with Crippen LogP contribution in [0.5, 0.6) is 0 Å². The number of aliphatic imine (C=N–C) groups is 1. The van der Waals surface area contributed by atoms with E-state index in [0.29, 0.717) is 6.41 Å². The molecule has 1 saturated heterocycles. The maximum absolute atomic E-state index is 10.9. The van der Waals surface area contributed by atoms with E-state index in [2.05, 4.69) is 4.99 Å². The van der Waals surface area contributed by atoms with Gasteiger partial charge in [0.05, 0.1) is 6.61 Å². The largest absolute Gasteiger partial charge is 0.394 e. The van der Waals surface area contributed by atoms with Gasteiger partial charge in [-0.15, -0.1) is 0 Å². The summed E-state index contributed by atoms with van der Waals surface area (Å²) in [5.41, 5.74) is 5.42. The van der Waals surface area contributed by atoms with Gasteiger partial charge in [0.25, 0.3) is 0 Å². The maximum atomic E-state index is 10.9. The molecule has 1 amide bonds. The number of aliphatic hydroxyl groups is 3. The van der Waals surface area contributed by atoms with Gasteiger partial charge in [0.1, 0.15) is 24.1 Å². The Bertz CT molecular complexity index is 346. The molecule has 0 aromatic heterocycles. The van der Waals surface area contributed by atoms with Crippen molar-refractivity contribution in [1.82, 2.24) is 4.90 Å². The molecule has 1 aliphatic heterocycles. The van der Waals surface area contributed by atoms with Crippen LogP contribution >= 0.6 is 0 Å². The monoisotopic (exact) mass is 259 g/mol. The van der Waals surface area contributed by atoms with Crippen molar-refractivity contribution in [2.24, 2.45) is 10.7 Å². The van der Waals surface area contributed by atoms with Gasteiger partial charge in [-0.1, -0.05) is 0 Å². The predicted molar refractivity (Wildman–Crippen MR) is 62.3 cm³/mol. The fourth-order valence-corrected chi connectivity index (χ4v) is 1.54. The highest BCUT2D eigenvalue weighted by Gasteiger charge is 2.44. The van der Waals surface area contributed by atoms with E-state index in [1.54, 1.807) is 0 Å². The van der Waals surface area contributed by atoms with Crippen molar-refractivity contribution >= 4 is 12.2 Å². The van der Waals surface area contributed by atoms with Gasteiger partial charge in [0.2, 0.25) is 6.41 Å². The molecule has 0 spiro atoms. The van der Waals surface area contributed by atoms with Gasteiger partial charge in [-0.05, 0) is 6.08 Å². The van der Waals surface area contributed by atoms with Gasteiger partial charge in [0.15, 0.2) is 6.23 Å². The first-order valence-corrected chi connectivity index (χ1v) is 5.30. The third kappa shape index (κ3) is 3.05. The summed E-state index contributed by atoms with van der Waals surface area (Å²) in [4.78, 5) is 15.6. The topological polar surface area (TPSA) is 129 Å². The number of ether oxygens (including phenoxy) is 1. The van der Waals surface area contributed by atoms with Crippen LogP contribution in [0.15, 0.2) is 17.3 Å². The number of carbonyl (C=O) groups is 1. The fourth-order valence-electron chi connectivity index (χ4n) is 1.54. The first-order valence-electron chi connectivity index (χ1n) is 5.30. The second-order valence-electron chi connectivity index (χ2n) is 3.75. The van der Waals surface area contributed by atoms with Crippen molar-refractivity contribution in [2.45, 2.75) is 24.5 Å². The molecular weight excluding hydrogens is 242 g/mol. The molecule has 102 valence electrons. The smallest absolute Gasteiger partial charge is 0.215 e. The standard InChI is InChI=1S/C10H17N3O5/c1-12-7(11)2-3-13(5-15)10-9(17)8(16)6(4-14)18-10/h2-3,5-6,8-10,14,16-17H,4H2,1H3,(H2,11,12)/b3-2-. The summed E-state index contributed by atoms with van der Waals surface area (Å²) in [7, 11) is 1.48. The SMILES string of the molecule is C/N=C(N)\C=C/N(C=O)C1OC(CO)C(O)C1O. The molecule has 18 heavy (non-hydrogen) atoms. The number of amides is 1. The summed E-state index contributed by atoms with van der Waals surface area (Å²) >= 11 is 0. The van der Waals surface area contributed by atoms with Crippen molar-refractivity contribution < 1.29 is 24.9 Å². The molecule has 0 saturated carbocycles. The molecule has 1 heterocycles. The number of aliphatic hydroxyl groups excluding tert-OH is 3. The van der Waals surface area contributed by atoms with Crippen LogP contribution in [0.25, 0.3) is 0 Å². The zero-order valence-corrected chi connectivity index (χ0v) is 9.88. The van der Waals surface area contributed by atoms with Crippen LogP contribution in [0.2, 0.25) is 0 Å². The molecule has 0 bridgehead atoms. The second kappa shape index (κ2) is 6.45. The van der Waals surface area contributed by atoms with E-state index in [0.717, 1.165) is 4.90 Å². The van der Waals surface area contributed by atoms with Crippen molar-refractivity contribution in [3.05, 3.63) is 12.3 Å². The highest BCUT2D eigenvalue weighted by atomic mass is 16.6. The van der Waals surface area contributed by atoms with Crippen molar-refractivity contribution in [2.75, 3.05) is 13.7 Å². The number of carbonyl (C=O) groups excluding carboxylic acids is 1. The molecule has 4 unspecified atom stereocenters. The van der Waals surface area contributed by atoms with E-state index in [4.69, 9.17) is 15.6 Å². The van der Waals surface area contributed by atoms with Gasteiger partial charge >= 0.3 is 0 Å². The van der Waals surface area contributed by atoms with Crippen LogP contribution in [0.4, 0.5) is 0 Å². The third-order valence-corrected chi connectivity index (χ3v) is 2.61. The number of rotatable bonds is 5. The summed E-state index contributed by atoms with van der Waals surface area (Å²) in [6.45, 7) is -0.455. The van der Waals surface area contributed by atoms with Crippen LogP contribution in [-0.4, -0.2) is 70.7 Å². The van der Waals surface area contributed by atoms with E-state index < -0.39 is 31.1 Å². The average molecular weight is 259 g/mol. The van der Waals surface area contributed by atoms with Crippen LogP contribution in [-0.2, 0) is 9.53 Å². The van der Waals surface area contributed by atoms with Gasteiger partial charge in [0, 0.05) is 13.2 Å². The Morgan fingerprint density at radius 1 is 1.50 bits per heavy atom. The molecule has 1 rings (SSSR count). The quantitative estimate of drug-likeness (QED) is 0.243. The molecule has 1 fully saturated rings. The Hall–Kier alpha value is -1.48. The lowest BCUT2D eigenvalue weighted by atomic mass is 10.1. The number of hydrogen-bond donors (Lipinski definition) is 4. The molecular formula is C10H17N3O5. The molecule has 1 aliphatic rings. The molecule has 4 atom stereocenters. The molecule has 0 radical (unpaired) electrons. The molecule has 0 aromatic carbocycles. The summed E-state index contributed by atoms with van der Waals surface area (Å²) in [6, 6.07) is 0. The van der Waals surface area contributed by atoms with Crippen LogP contribution in [0, 0.1) is 0 Å². The predicted octanol–water partition coefficient (Wildman–Crippen LogP) is -2.62. The minimum Gasteiger partial charge on any atom is -0.394 e. The normalized spacial score (nSPS) is 33.0. The van der Waals surface area contributed by atoms with Crippen LogP contribution < -0.4 is 5.73 Å². The molecule has 8 nitrogen and oxygen atoms in total. The Labute approximate surface area is 104 Å². The van der Waals surface area contributed by atoms with Gasteiger partial charge in [-0.2, -0.15) is 0 Å². The van der Waals surface area contributed by atoms with E-state index in [1.165, 1.54) is 19.3 Å². The zero-order valence-electron chi connectivity index (χ0n) is 9.88. The van der Waals surface area contributed by atoms with Crippen molar-refractivity contribution in [3.63, 3.8) is 0 Å². The van der Waals surface area contributed by atoms with E-state index >= 15 is 0 Å². The third-order valence-electron chi connectivity index (χ3n) is 2.61. The summed E-state index contributed by atoms with van der Waals surface area (Å²) in [5.74, 6) is 0.189. The first-order chi connectivity index (χ1) is 8.54. The fraction of sp³-hybridized carbons (Fsp3) is 0.600. The summed E-state index contributed by atoms with van der Waals surface area (Å²) in [5, 5.41) is 28.2. The lowest BCUT2D eigenvalue weighted by molar-refractivity contribution is -0.132. The minimum atomic E-state index is -1.31. The highest BCUT2D eigenvalue weighted by Crippen LogP contribution is 2.23. The number of hydrogen-bond acceptors (Lipinski definition) is 6. The molecule has 5 N–H and O–H groups in total. The Kier molecular flexibility index (Phi) is 5.23. The van der Waals surface area contributed by atoms with Crippen LogP contribution in [0.3, 0.4) is 0 Å². The van der Waals surface area contributed by atoms with Gasteiger partial charge in [-0.25, -0.2) is 0 Å². The van der Waals surface area contributed by atoms with E-state index in [9.17, 15) is 15.0 Å². The summed E-state index contributed by atoms with van der Waals surface area (Å²) in [6.07, 6.45) is -1.53. The summed E-state index contributed by atoms with van der Waals surface area (Å²) < 4.78 is 5.17. The van der Waals surface area contributed by atoms with E-state index in [-0.39, 0.29) is 5.84 Å². The molecule has 0 aliphatic carbocycles. The van der Waals surface area contributed by atoms with E-state index in [1.807, 2.05) is 0 Å². The minimum absolute atomic E-state index is 0.189. The number of nitrogens with zero attached hydrogens (tertiary/aromatic N) is 2. The Morgan fingerprint density at radius 2 is 2.17 bits per heavy atom. The van der Waals surface area contributed by atoms with Gasteiger partial charge in [-0.3, -0.25) is 14.7 Å². The van der Waals surface area contributed by atoms with Crippen LogP contribution in [0.1, 0.15) is 0 Å². The zero-order chi connectivity index (χ0) is 13.7. The number of nitrogens with two attached hydrogens (primary N) is 1. The second-order valence-corrected chi connectivity index (χ2v) is 3.75. The highest BCUT2D eigenvalue weighted by molar-refractivity contribution is 5.91. The lowest BCUT2D eigenvalue weighted by Crippen LogP contribution is -2.41. The molecule has 8 heteroatoms. The number of amidine groups is 1. The Morgan fingerprint density at radius 3 is 2.61 bits per heavy atom.